The maximum atomic E-state index is 12.4. The van der Waals surface area contributed by atoms with Crippen LogP contribution in [0.15, 0.2) is 79.8 Å². The number of aromatic amines is 1. The molecule has 0 amide bonds. The van der Waals surface area contributed by atoms with E-state index in [0.717, 1.165) is 12.1 Å². The molecule has 0 saturated heterocycles. The molecule has 0 atom stereocenters. The van der Waals surface area contributed by atoms with Gasteiger partial charge in [-0.1, -0.05) is 12.1 Å². The summed E-state index contributed by atoms with van der Waals surface area (Å²) in [6.07, 6.45) is -3.58. The minimum atomic E-state index is -4.77. The van der Waals surface area contributed by atoms with E-state index >= 15 is 0 Å². The van der Waals surface area contributed by atoms with E-state index in [1.165, 1.54) is 18.3 Å². The second kappa shape index (κ2) is 7.39. The van der Waals surface area contributed by atoms with Gasteiger partial charge >= 0.3 is 12.1 Å². The molecule has 1 N–H and O–H groups in total. The second-order valence-corrected chi connectivity index (χ2v) is 6.11. The molecule has 0 aliphatic heterocycles. The molecule has 4 rings (SSSR count). The molecular formula is C20H12F3N3O4. The molecule has 0 bridgehead atoms. The van der Waals surface area contributed by atoms with Gasteiger partial charge in [-0.25, -0.2) is 4.79 Å². The highest BCUT2D eigenvalue weighted by Gasteiger charge is 2.31. The third-order valence-electron chi connectivity index (χ3n) is 4.08. The SMILES string of the molecule is O=c1[nH]c2ccccc2c(=O)n1N=Cc1ccc(-c2ccc(OC(F)(F)F)cc2)o1. The number of halogens is 3. The smallest absolute Gasteiger partial charge is 0.455 e. The van der Waals surface area contributed by atoms with Crippen LogP contribution < -0.4 is 16.0 Å². The first-order chi connectivity index (χ1) is 14.3. The summed E-state index contributed by atoms with van der Waals surface area (Å²) in [5.41, 5.74) is -0.387. The zero-order valence-electron chi connectivity index (χ0n) is 15.0. The molecule has 0 unspecified atom stereocenters. The summed E-state index contributed by atoms with van der Waals surface area (Å²) < 4.78 is 46.8. The molecule has 2 aromatic heterocycles. The van der Waals surface area contributed by atoms with Gasteiger partial charge in [0.2, 0.25) is 0 Å². The van der Waals surface area contributed by atoms with Crippen molar-refractivity contribution in [3.8, 4) is 17.1 Å². The van der Waals surface area contributed by atoms with Crippen molar-refractivity contribution in [2.24, 2.45) is 5.10 Å². The summed E-state index contributed by atoms with van der Waals surface area (Å²) in [4.78, 5) is 27.1. The number of ether oxygens (including phenoxy) is 1. The van der Waals surface area contributed by atoms with Crippen molar-refractivity contribution >= 4 is 17.1 Å². The van der Waals surface area contributed by atoms with E-state index in [2.05, 4.69) is 14.8 Å². The molecule has 0 spiro atoms. The average molecular weight is 415 g/mol. The molecule has 2 heterocycles. The van der Waals surface area contributed by atoms with Gasteiger partial charge in [0.05, 0.1) is 17.1 Å². The van der Waals surface area contributed by atoms with Crippen molar-refractivity contribution in [2.75, 3.05) is 0 Å². The van der Waals surface area contributed by atoms with Crippen LogP contribution in [0.3, 0.4) is 0 Å². The van der Waals surface area contributed by atoms with Crippen molar-refractivity contribution < 1.29 is 22.3 Å². The second-order valence-electron chi connectivity index (χ2n) is 6.11. The fourth-order valence-corrected chi connectivity index (χ4v) is 2.77. The summed E-state index contributed by atoms with van der Waals surface area (Å²) >= 11 is 0. The minimum absolute atomic E-state index is 0.236. The van der Waals surface area contributed by atoms with Gasteiger partial charge in [-0.2, -0.15) is 5.10 Å². The van der Waals surface area contributed by atoms with Gasteiger partial charge in [0.1, 0.15) is 17.3 Å². The lowest BCUT2D eigenvalue weighted by Gasteiger charge is -2.08. The van der Waals surface area contributed by atoms with E-state index in [-0.39, 0.29) is 11.5 Å². The van der Waals surface area contributed by atoms with Gasteiger partial charge < -0.3 is 14.1 Å². The van der Waals surface area contributed by atoms with Gasteiger partial charge in [0, 0.05) is 5.56 Å². The highest BCUT2D eigenvalue weighted by atomic mass is 19.4. The van der Waals surface area contributed by atoms with E-state index in [1.807, 2.05) is 0 Å². The van der Waals surface area contributed by atoms with E-state index in [0.29, 0.717) is 26.9 Å². The predicted molar refractivity (Wildman–Crippen MR) is 103 cm³/mol. The predicted octanol–water partition coefficient (Wildman–Crippen LogP) is 3.73. The molecule has 0 fully saturated rings. The van der Waals surface area contributed by atoms with Gasteiger partial charge in [-0.3, -0.25) is 4.79 Å². The minimum Gasteiger partial charge on any atom is -0.455 e. The quantitative estimate of drug-likeness (QED) is 0.515. The molecular weight excluding hydrogens is 403 g/mol. The van der Waals surface area contributed by atoms with Crippen LogP contribution in [-0.4, -0.2) is 22.2 Å². The number of hydrogen-bond donors (Lipinski definition) is 1. The number of rotatable bonds is 4. The number of furan rings is 1. The van der Waals surface area contributed by atoms with Crippen molar-refractivity contribution in [1.82, 2.24) is 9.66 Å². The van der Waals surface area contributed by atoms with Crippen molar-refractivity contribution in [1.29, 1.82) is 0 Å². The van der Waals surface area contributed by atoms with Crippen LogP contribution in [0.25, 0.3) is 22.2 Å². The molecule has 4 aromatic rings. The lowest BCUT2D eigenvalue weighted by Crippen LogP contribution is -2.32. The first-order valence-corrected chi connectivity index (χ1v) is 8.55. The zero-order chi connectivity index (χ0) is 21.3. The molecule has 0 saturated carbocycles. The number of aromatic nitrogens is 2. The van der Waals surface area contributed by atoms with Crippen molar-refractivity contribution in [3.05, 3.63) is 87.3 Å². The third kappa shape index (κ3) is 4.02. The van der Waals surface area contributed by atoms with Crippen LogP contribution in [-0.2, 0) is 0 Å². The van der Waals surface area contributed by atoms with E-state index in [1.54, 1.807) is 36.4 Å². The Morgan fingerprint density at radius 3 is 2.47 bits per heavy atom. The lowest BCUT2D eigenvalue weighted by atomic mass is 10.2. The van der Waals surface area contributed by atoms with E-state index in [9.17, 15) is 22.8 Å². The number of para-hydroxylation sites is 1. The standard InChI is InChI=1S/C20H12F3N3O4/c21-20(22,23)30-13-7-5-12(6-8-13)17-10-9-14(29-17)11-24-26-18(27)15-3-1-2-4-16(15)25-19(26)28/h1-11H,(H,25,28). The fourth-order valence-electron chi connectivity index (χ4n) is 2.77. The van der Waals surface area contributed by atoms with E-state index < -0.39 is 17.6 Å². The van der Waals surface area contributed by atoms with Gasteiger partial charge in [0.25, 0.3) is 5.56 Å². The molecule has 7 nitrogen and oxygen atoms in total. The number of fused-ring (bicyclic) bond motifs is 1. The summed E-state index contributed by atoms with van der Waals surface area (Å²) in [5.74, 6) is 0.240. The number of benzene rings is 2. The Hall–Kier alpha value is -4.08. The molecule has 30 heavy (non-hydrogen) atoms. The Morgan fingerprint density at radius 2 is 1.73 bits per heavy atom. The van der Waals surface area contributed by atoms with Crippen LogP contribution in [0.5, 0.6) is 5.75 Å². The number of nitrogens with zero attached hydrogens (tertiary/aromatic N) is 2. The third-order valence-corrected chi connectivity index (χ3v) is 4.08. The van der Waals surface area contributed by atoms with Crippen LogP contribution in [0, 0.1) is 0 Å². The van der Waals surface area contributed by atoms with E-state index in [4.69, 9.17) is 4.42 Å². The Bertz CT molecular complexity index is 1350. The molecule has 0 radical (unpaired) electrons. The Kier molecular flexibility index (Phi) is 4.74. The van der Waals surface area contributed by atoms with Gasteiger partial charge in [-0.15, -0.1) is 17.8 Å². The molecule has 152 valence electrons. The van der Waals surface area contributed by atoms with Gasteiger partial charge in [-0.05, 0) is 48.5 Å². The van der Waals surface area contributed by atoms with Gasteiger partial charge in [0.15, 0.2) is 0 Å². The topological polar surface area (TPSA) is 89.6 Å². The largest absolute Gasteiger partial charge is 0.573 e. The highest BCUT2D eigenvalue weighted by molar-refractivity contribution is 5.79. The Morgan fingerprint density at radius 1 is 1.00 bits per heavy atom. The number of alkyl halides is 3. The molecule has 0 aliphatic carbocycles. The first-order valence-electron chi connectivity index (χ1n) is 8.55. The number of H-pyrrole nitrogens is 1. The molecule has 0 aliphatic rings. The lowest BCUT2D eigenvalue weighted by molar-refractivity contribution is -0.274. The van der Waals surface area contributed by atoms with Crippen LogP contribution in [0.1, 0.15) is 5.76 Å². The maximum absolute atomic E-state index is 12.4. The fraction of sp³-hybridized carbons (Fsp3) is 0.0500. The average Bonchev–Trinajstić information content (AvgIpc) is 3.16. The van der Waals surface area contributed by atoms with Crippen LogP contribution in [0.2, 0.25) is 0 Å². The monoisotopic (exact) mass is 415 g/mol. The summed E-state index contributed by atoms with van der Waals surface area (Å²) in [6, 6.07) is 14.8. The maximum Gasteiger partial charge on any atom is 0.573 e. The Balaban J connectivity index is 1.58. The zero-order valence-corrected chi connectivity index (χ0v) is 15.0. The summed E-state index contributed by atoms with van der Waals surface area (Å²) in [6.45, 7) is 0. The van der Waals surface area contributed by atoms with Crippen LogP contribution in [0.4, 0.5) is 13.2 Å². The van der Waals surface area contributed by atoms with Crippen LogP contribution >= 0.6 is 0 Å². The number of nitrogens with one attached hydrogen (secondary N) is 1. The molecule has 2 aromatic carbocycles. The summed E-state index contributed by atoms with van der Waals surface area (Å²) in [5, 5.41) is 4.19. The highest BCUT2D eigenvalue weighted by Crippen LogP contribution is 2.27. The Labute approximate surface area is 165 Å². The van der Waals surface area contributed by atoms with Crippen molar-refractivity contribution in [2.45, 2.75) is 6.36 Å². The number of hydrogen-bond acceptors (Lipinski definition) is 5. The normalized spacial score (nSPS) is 12.0. The van der Waals surface area contributed by atoms with Crippen molar-refractivity contribution in [3.63, 3.8) is 0 Å². The summed E-state index contributed by atoms with van der Waals surface area (Å²) in [7, 11) is 0. The first kappa shape index (κ1) is 19.2. The molecule has 10 heteroatoms.